The van der Waals surface area contributed by atoms with Gasteiger partial charge in [0.1, 0.15) is 0 Å². The van der Waals surface area contributed by atoms with E-state index in [1.165, 1.54) is 0 Å². The molecule has 0 fully saturated rings. The van der Waals surface area contributed by atoms with Crippen molar-refractivity contribution in [3.63, 3.8) is 0 Å². The first kappa shape index (κ1) is 25.5. The van der Waals surface area contributed by atoms with E-state index in [1.54, 1.807) is 0 Å². The summed E-state index contributed by atoms with van der Waals surface area (Å²) in [5.74, 6) is 0. The highest BCUT2D eigenvalue weighted by Gasteiger charge is 2.46. The van der Waals surface area contributed by atoms with E-state index < -0.39 is 39.1 Å². The van der Waals surface area contributed by atoms with Gasteiger partial charge in [0.05, 0.1) is 0 Å². The summed E-state index contributed by atoms with van der Waals surface area (Å²) in [5, 5.41) is 0. The summed E-state index contributed by atoms with van der Waals surface area (Å²) in [6.45, 7) is 0. The van der Waals surface area contributed by atoms with E-state index in [9.17, 15) is 22.8 Å². The van der Waals surface area contributed by atoms with Crippen molar-refractivity contribution < 1.29 is 74.3 Å². The Morgan fingerprint density at radius 1 is 0.455 bits per heavy atom. The van der Waals surface area contributed by atoms with Gasteiger partial charge in [-0.2, -0.15) is 17.2 Å². The van der Waals surface area contributed by atoms with Crippen LogP contribution in [-0.4, -0.2) is 51.6 Å². The minimum absolute atomic E-state index is 0. The van der Waals surface area contributed by atoms with Gasteiger partial charge in [0.15, 0.2) is 17.4 Å². The number of hydrogen-bond donors (Lipinski definition) is 7. The van der Waals surface area contributed by atoms with Crippen LogP contribution < -0.4 is 0 Å². The number of phosphoric acid groups is 5. The molecule has 7 N–H and O–H groups in total. The van der Waals surface area contributed by atoms with Crippen molar-refractivity contribution in [2.24, 2.45) is 0 Å². The van der Waals surface area contributed by atoms with Gasteiger partial charge in [-0.1, -0.05) is 0 Å². The number of rotatable bonds is 8. The predicted molar refractivity (Wildman–Crippen MR) is 67.8 cm³/mol. The smallest absolute Gasteiger partial charge is 0.302 e. The molecule has 0 radical (unpaired) electrons. The van der Waals surface area contributed by atoms with Crippen molar-refractivity contribution in [2.75, 3.05) is 0 Å². The monoisotopic (exact) mass is 448 g/mol. The number of hydrogen-bond acceptors (Lipinski definition) is 9. The lowest BCUT2D eigenvalue weighted by Gasteiger charge is -2.18. The molecule has 0 aliphatic heterocycles. The van der Waals surface area contributed by atoms with E-state index in [2.05, 4.69) is 17.2 Å². The van der Waals surface area contributed by atoms with Crippen molar-refractivity contribution in [3.05, 3.63) is 0 Å². The van der Waals surface area contributed by atoms with Crippen LogP contribution in [-0.2, 0) is 40.1 Å². The van der Waals surface area contributed by atoms with Gasteiger partial charge in [0.25, 0.3) is 0 Å². The highest BCUT2D eigenvalue weighted by atomic mass is 31.3. The normalized spacial score (nSPS) is 21.0. The van der Waals surface area contributed by atoms with E-state index in [4.69, 9.17) is 34.3 Å². The topological polar surface area (TPSA) is 264 Å². The van der Waals surface area contributed by atoms with Gasteiger partial charge >= 0.3 is 39.1 Å². The Hall–Kier alpha value is 1.24. The van der Waals surface area contributed by atoms with Crippen molar-refractivity contribution in [2.45, 2.75) is 0 Å². The maximum atomic E-state index is 11.0. The van der Waals surface area contributed by atoms with Crippen LogP contribution in [0.15, 0.2) is 0 Å². The molecule has 22 heteroatoms. The molecule has 22 heavy (non-hydrogen) atoms. The molecule has 16 nitrogen and oxygen atoms in total. The Balaban J connectivity index is 0. The molecule has 0 amide bonds. The van der Waals surface area contributed by atoms with Gasteiger partial charge in [0, 0.05) is 0 Å². The zero-order valence-electron chi connectivity index (χ0n) is 9.04. The first-order chi connectivity index (χ1) is 8.83. The first-order valence-electron chi connectivity index (χ1n) is 3.77. The molecule has 0 aliphatic rings. The summed E-state index contributed by atoms with van der Waals surface area (Å²) < 4.78 is 65.6. The van der Waals surface area contributed by atoms with E-state index in [0.29, 0.717) is 0 Å². The zero-order valence-corrected chi connectivity index (χ0v) is 13.5. The summed E-state index contributed by atoms with van der Waals surface area (Å²) in [6, 6.07) is 0. The molecule has 0 aromatic carbocycles. The third-order valence-electron chi connectivity index (χ3n) is 0.832. The zero-order chi connectivity index (χ0) is 17.3. The van der Waals surface area contributed by atoms with Gasteiger partial charge < -0.3 is 34.3 Å². The lowest BCUT2D eigenvalue weighted by Crippen LogP contribution is -1.97. The Labute approximate surface area is 131 Å². The second-order valence-electron chi connectivity index (χ2n) is 2.71. The van der Waals surface area contributed by atoms with Gasteiger partial charge in [-0.25, -0.2) is 22.8 Å². The molecular weight excluding hydrogens is 438 g/mol. The molecule has 0 heterocycles. The van der Waals surface area contributed by atoms with Gasteiger partial charge in [-0.3, -0.25) is 0 Å². The minimum Gasteiger partial charge on any atom is -0.302 e. The molecule has 0 saturated heterocycles. The Bertz CT molecular complexity index is 552. The van der Waals surface area contributed by atoms with Crippen molar-refractivity contribution in [3.8, 4) is 0 Å². The first-order valence-corrected chi connectivity index (χ1v) is 11.3. The third kappa shape index (κ3) is 13.7. The van der Waals surface area contributed by atoms with Crippen LogP contribution in [0.2, 0.25) is 0 Å². The Morgan fingerprint density at radius 2 is 0.636 bits per heavy atom. The quantitative estimate of drug-likeness (QED) is 0.162. The fourth-order valence-corrected chi connectivity index (χ4v) is 5.97. The van der Waals surface area contributed by atoms with Crippen molar-refractivity contribution in [1.82, 2.24) is 0 Å². The molecule has 0 aromatic heterocycles. The van der Waals surface area contributed by atoms with Gasteiger partial charge in [0.2, 0.25) is 0 Å². The third-order valence-corrected chi connectivity index (χ3v) is 7.49. The van der Waals surface area contributed by atoms with Crippen LogP contribution in [0.4, 0.5) is 0 Å². The largest absolute Gasteiger partial charge is 0.490 e. The van der Waals surface area contributed by atoms with Crippen LogP contribution in [0.1, 0.15) is 0 Å². The Morgan fingerprint density at radius 3 is 0.818 bits per heavy atom. The fourth-order valence-electron chi connectivity index (χ4n) is 0.574. The molecule has 0 aromatic rings. The highest BCUT2D eigenvalue weighted by molar-refractivity contribution is 7.71. The lowest BCUT2D eigenvalue weighted by atomic mass is 15.7. The van der Waals surface area contributed by atoms with Gasteiger partial charge in [-0.15, -0.1) is 0 Å². The van der Waals surface area contributed by atoms with Gasteiger partial charge in [-0.05, 0) is 0 Å². The summed E-state index contributed by atoms with van der Waals surface area (Å²) in [4.78, 5) is 58.7. The van der Waals surface area contributed by atoms with E-state index in [-0.39, 0.29) is 17.4 Å². The molecule has 2 unspecified atom stereocenters. The van der Waals surface area contributed by atoms with Crippen molar-refractivity contribution in [1.29, 1.82) is 0 Å². The highest BCUT2D eigenvalue weighted by Crippen LogP contribution is 2.72. The summed E-state index contributed by atoms with van der Waals surface area (Å²) in [7, 11) is -29.3. The molecule has 2 atom stereocenters. The predicted octanol–water partition coefficient (Wildman–Crippen LogP) is -1.64. The average molecular weight is 448 g/mol. The van der Waals surface area contributed by atoms with Crippen LogP contribution in [0.25, 0.3) is 0 Å². The maximum absolute atomic E-state index is 11.0. The second-order valence-corrected chi connectivity index (χ2v) is 10.1. The Kier molecular flexibility index (Phi) is 9.36. The molecular formula is H10AlO16P5. The molecule has 0 saturated carbocycles. The molecule has 0 spiro atoms. The van der Waals surface area contributed by atoms with Crippen LogP contribution in [0.3, 0.4) is 0 Å². The summed E-state index contributed by atoms with van der Waals surface area (Å²) in [6.07, 6.45) is 0. The maximum Gasteiger partial charge on any atom is 0.490 e. The SMILES string of the molecule is O=P(O)(O)OP(=O)(O)OP(=O)(O)OP(=O)(O)OP(=O)(O)O.[AlH3]. The second kappa shape index (κ2) is 8.08. The standard InChI is InChI=1S/Al.H7O16P5.3H/c;1-17(2,3)13-19(7,8)15-21(11,12)16-20(9,10)14-18(4,5)6;;;/h;(H,7,8)(H,9,10)(H,11,12)(H2,1,2,3)(H2,4,5,6);;;. The van der Waals surface area contributed by atoms with E-state index in [0.717, 1.165) is 0 Å². The van der Waals surface area contributed by atoms with Crippen LogP contribution in [0.5, 0.6) is 0 Å². The lowest BCUT2D eigenvalue weighted by molar-refractivity contribution is 0.188. The summed E-state index contributed by atoms with van der Waals surface area (Å²) >= 11 is 0. The molecule has 0 aliphatic carbocycles. The molecule has 134 valence electrons. The average Bonchev–Trinajstić information content (AvgIpc) is 1.83. The van der Waals surface area contributed by atoms with Crippen LogP contribution >= 0.6 is 39.1 Å². The van der Waals surface area contributed by atoms with Crippen LogP contribution in [0, 0.1) is 0 Å². The van der Waals surface area contributed by atoms with E-state index in [1.807, 2.05) is 0 Å². The molecule has 0 bridgehead atoms. The molecule has 0 rings (SSSR count). The van der Waals surface area contributed by atoms with Crippen molar-refractivity contribution >= 4 is 56.5 Å². The van der Waals surface area contributed by atoms with E-state index >= 15 is 0 Å². The summed E-state index contributed by atoms with van der Waals surface area (Å²) in [5.41, 5.74) is 0. The fraction of sp³-hybridized carbons (Fsp3) is 0. The minimum atomic E-state index is -6.07.